The fraction of sp³-hybridized carbons (Fsp3) is 0.273. The topological polar surface area (TPSA) is 0 Å². The molecule has 0 aliphatic heterocycles. The van der Waals surface area contributed by atoms with Crippen LogP contribution in [-0.4, -0.2) is 0 Å². The molecule has 2 aromatic carbocycles. The van der Waals surface area contributed by atoms with Gasteiger partial charge in [-0.05, 0) is 30.4 Å². The minimum atomic E-state index is -0.803. The Hall–Kier alpha value is -2.22. The lowest BCUT2D eigenvalue weighted by Crippen LogP contribution is -1.93. The molecule has 0 bridgehead atoms. The second-order valence-corrected chi connectivity index (χ2v) is 6.08. The predicted octanol–water partition coefficient (Wildman–Crippen LogP) is 7.11. The first-order valence-corrected chi connectivity index (χ1v) is 8.46. The van der Waals surface area contributed by atoms with E-state index in [1.165, 1.54) is 6.42 Å². The molecule has 0 aromatic heterocycles. The molecule has 0 radical (unpaired) electrons. The number of rotatable bonds is 6. The predicted molar refractivity (Wildman–Crippen MR) is 99.6 cm³/mol. The number of halogens is 2. The molecule has 1 unspecified atom stereocenters. The van der Waals surface area contributed by atoms with Crippen molar-refractivity contribution in [1.29, 1.82) is 0 Å². The Morgan fingerprint density at radius 2 is 1.67 bits per heavy atom. The van der Waals surface area contributed by atoms with Gasteiger partial charge in [-0.25, -0.2) is 8.78 Å². The Labute approximate surface area is 143 Å². The summed E-state index contributed by atoms with van der Waals surface area (Å²) >= 11 is 0. The molecule has 24 heavy (non-hydrogen) atoms. The van der Waals surface area contributed by atoms with Crippen LogP contribution >= 0.6 is 0 Å². The SMILES string of the molecule is CC=Cc1ccc(-c2ccc(C=CC(C)CCC)cc2)c(F)c1F. The van der Waals surface area contributed by atoms with Gasteiger partial charge in [-0.2, -0.15) is 0 Å². The van der Waals surface area contributed by atoms with Gasteiger partial charge in [0.15, 0.2) is 11.6 Å². The second kappa shape index (κ2) is 8.58. The van der Waals surface area contributed by atoms with Crippen molar-refractivity contribution in [3.8, 4) is 11.1 Å². The van der Waals surface area contributed by atoms with E-state index in [1.54, 1.807) is 31.2 Å². The van der Waals surface area contributed by atoms with Crippen LogP contribution < -0.4 is 0 Å². The monoisotopic (exact) mass is 326 g/mol. The maximum absolute atomic E-state index is 14.3. The standard InChI is InChI=1S/C22H24F2/c1-4-6-16(3)8-9-17-10-12-18(13-11-17)20-15-14-19(7-5-2)21(23)22(20)24/h5,7-16H,4,6H2,1-3H3. The lowest BCUT2D eigenvalue weighted by Gasteiger charge is -2.07. The van der Waals surface area contributed by atoms with Gasteiger partial charge in [-0.15, -0.1) is 0 Å². The molecule has 1 atom stereocenters. The second-order valence-electron chi connectivity index (χ2n) is 6.08. The Kier molecular flexibility index (Phi) is 6.48. The van der Waals surface area contributed by atoms with Crippen molar-refractivity contribution in [2.24, 2.45) is 5.92 Å². The third-order valence-electron chi connectivity index (χ3n) is 4.04. The molecule has 0 saturated heterocycles. The van der Waals surface area contributed by atoms with Gasteiger partial charge in [-0.1, -0.05) is 81.0 Å². The van der Waals surface area contributed by atoms with Crippen molar-refractivity contribution in [3.05, 3.63) is 71.3 Å². The number of hydrogen-bond acceptors (Lipinski definition) is 0. The van der Waals surface area contributed by atoms with Crippen LogP contribution in [0.25, 0.3) is 23.3 Å². The molecule has 2 aromatic rings. The number of benzene rings is 2. The van der Waals surface area contributed by atoms with Gasteiger partial charge in [-0.3, -0.25) is 0 Å². The molecule has 126 valence electrons. The Balaban J connectivity index is 2.24. The van der Waals surface area contributed by atoms with Gasteiger partial charge in [0, 0.05) is 11.1 Å². The average Bonchev–Trinajstić information content (AvgIpc) is 2.58. The van der Waals surface area contributed by atoms with E-state index < -0.39 is 11.6 Å². The lowest BCUT2D eigenvalue weighted by atomic mass is 10.00. The first-order chi connectivity index (χ1) is 11.6. The van der Waals surface area contributed by atoms with Crippen LogP contribution in [0.4, 0.5) is 8.78 Å². The summed E-state index contributed by atoms with van der Waals surface area (Å²) in [6, 6.07) is 10.8. The third kappa shape index (κ3) is 4.41. The Morgan fingerprint density at radius 1 is 0.958 bits per heavy atom. The smallest absolute Gasteiger partial charge is 0.167 e. The van der Waals surface area contributed by atoms with E-state index in [4.69, 9.17) is 0 Å². The molecule has 0 fully saturated rings. The summed E-state index contributed by atoms with van der Waals surface area (Å²) in [6.07, 6.45) is 9.85. The minimum absolute atomic E-state index is 0.267. The number of hydrogen-bond donors (Lipinski definition) is 0. The van der Waals surface area contributed by atoms with E-state index in [0.717, 1.165) is 12.0 Å². The molecule has 0 aliphatic rings. The summed E-state index contributed by atoms with van der Waals surface area (Å²) in [7, 11) is 0. The maximum atomic E-state index is 14.3. The van der Waals surface area contributed by atoms with Gasteiger partial charge >= 0.3 is 0 Å². The lowest BCUT2D eigenvalue weighted by molar-refractivity contribution is 0.509. The normalized spacial score (nSPS) is 13.0. The highest BCUT2D eigenvalue weighted by molar-refractivity contribution is 5.68. The summed E-state index contributed by atoms with van der Waals surface area (Å²) < 4.78 is 28.3. The van der Waals surface area contributed by atoms with Crippen molar-refractivity contribution in [2.45, 2.75) is 33.6 Å². The zero-order chi connectivity index (χ0) is 17.5. The van der Waals surface area contributed by atoms with Gasteiger partial charge in [0.25, 0.3) is 0 Å². The third-order valence-corrected chi connectivity index (χ3v) is 4.04. The van der Waals surface area contributed by atoms with Crippen LogP contribution in [0.5, 0.6) is 0 Å². The molecule has 0 nitrogen and oxygen atoms in total. The van der Waals surface area contributed by atoms with Gasteiger partial charge in [0.05, 0.1) is 0 Å². The number of allylic oxidation sites excluding steroid dienone is 2. The molecule has 0 spiro atoms. The first-order valence-electron chi connectivity index (χ1n) is 8.46. The zero-order valence-electron chi connectivity index (χ0n) is 14.5. The van der Waals surface area contributed by atoms with Crippen LogP contribution in [0.2, 0.25) is 0 Å². The van der Waals surface area contributed by atoms with Crippen LogP contribution in [-0.2, 0) is 0 Å². The maximum Gasteiger partial charge on any atom is 0.167 e. The molecular formula is C22H24F2. The van der Waals surface area contributed by atoms with Crippen LogP contribution in [0.1, 0.15) is 44.7 Å². The van der Waals surface area contributed by atoms with Crippen molar-refractivity contribution >= 4 is 12.2 Å². The quantitative estimate of drug-likeness (QED) is 0.530. The molecule has 2 heteroatoms. The van der Waals surface area contributed by atoms with E-state index in [0.29, 0.717) is 11.5 Å². The van der Waals surface area contributed by atoms with E-state index in [1.807, 2.05) is 24.3 Å². The van der Waals surface area contributed by atoms with Crippen molar-refractivity contribution in [2.75, 3.05) is 0 Å². The zero-order valence-corrected chi connectivity index (χ0v) is 14.5. The highest BCUT2D eigenvalue weighted by Crippen LogP contribution is 2.27. The van der Waals surface area contributed by atoms with Crippen molar-refractivity contribution in [3.63, 3.8) is 0 Å². The van der Waals surface area contributed by atoms with Gasteiger partial charge in [0.2, 0.25) is 0 Å². The van der Waals surface area contributed by atoms with Crippen LogP contribution in [0.3, 0.4) is 0 Å². The average molecular weight is 326 g/mol. The van der Waals surface area contributed by atoms with E-state index in [-0.39, 0.29) is 11.1 Å². The molecule has 0 heterocycles. The van der Waals surface area contributed by atoms with Crippen molar-refractivity contribution < 1.29 is 8.78 Å². The summed E-state index contributed by atoms with van der Waals surface area (Å²) in [4.78, 5) is 0. The summed E-state index contributed by atoms with van der Waals surface area (Å²) in [6.45, 7) is 6.14. The molecule has 2 rings (SSSR count). The molecule has 0 aliphatic carbocycles. The molecule has 0 amide bonds. The van der Waals surface area contributed by atoms with E-state index in [9.17, 15) is 8.78 Å². The molecule has 0 saturated carbocycles. The van der Waals surface area contributed by atoms with Gasteiger partial charge in [0.1, 0.15) is 0 Å². The summed E-state index contributed by atoms with van der Waals surface area (Å²) in [5, 5.41) is 0. The van der Waals surface area contributed by atoms with Crippen molar-refractivity contribution in [1.82, 2.24) is 0 Å². The van der Waals surface area contributed by atoms with Crippen LogP contribution in [0, 0.1) is 17.6 Å². The van der Waals surface area contributed by atoms with Gasteiger partial charge < -0.3 is 0 Å². The molecular weight excluding hydrogens is 302 g/mol. The van der Waals surface area contributed by atoms with Crippen LogP contribution in [0.15, 0.2) is 48.6 Å². The minimum Gasteiger partial charge on any atom is -0.203 e. The highest BCUT2D eigenvalue weighted by Gasteiger charge is 2.13. The Morgan fingerprint density at radius 3 is 2.29 bits per heavy atom. The summed E-state index contributed by atoms with van der Waals surface area (Å²) in [5.41, 5.74) is 2.30. The molecule has 0 N–H and O–H groups in total. The fourth-order valence-electron chi connectivity index (χ4n) is 2.70. The fourth-order valence-corrected chi connectivity index (χ4v) is 2.70. The largest absolute Gasteiger partial charge is 0.203 e. The van der Waals surface area contributed by atoms with E-state index >= 15 is 0 Å². The Bertz CT molecular complexity index is 724. The van der Waals surface area contributed by atoms with E-state index in [2.05, 4.69) is 26.0 Å². The summed E-state index contributed by atoms with van der Waals surface area (Å²) in [5.74, 6) is -1.06. The highest BCUT2D eigenvalue weighted by atomic mass is 19.2. The first kappa shape index (κ1) is 18.1.